The Morgan fingerprint density at radius 1 is 0.650 bits per heavy atom. The first-order valence-corrected chi connectivity index (χ1v) is 41.4. The van der Waals surface area contributed by atoms with Crippen molar-refractivity contribution in [2.75, 3.05) is 55.1 Å². The highest BCUT2D eigenvalue weighted by atomic mass is 127. The van der Waals surface area contributed by atoms with Gasteiger partial charge in [-0.25, -0.2) is 24.0 Å². The number of halogens is 1. The zero-order valence-electron chi connectivity index (χ0n) is 66.2. The number of carboxylic acid groups (broad SMARTS) is 2. The summed E-state index contributed by atoms with van der Waals surface area (Å²) < 4.78 is 101. The van der Waals surface area contributed by atoms with E-state index in [-0.39, 0.29) is 169 Å². The molecule has 0 saturated carbocycles. The Morgan fingerprint density at radius 2 is 1.23 bits per heavy atom. The maximum atomic E-state index is 14.6. The van der Waals surface area contributed by atoms with Gasteiger partial charge in [-0.05, 0) is 128 Å². The highest BCUT2D eigenvalue weighted by molar-refractivity contribution is 14.1. The molecule has 0 radical (unpaired) electrons. The highest BCUT2D eigenvalue weighted by Crippen LogP contribution is 2.45. The van der Waals surface area contributed by atoms with Crippen LogP contribution in [0, 0.1) is 5.92 Å². The largest absolute Gasteiger partial charge is 0.501 e. The first-order chi connectivity index (χ1) is 57.3. The lowest BCUT2D eigenvalue weighted by Crippen LogP contribution is -2.50. The fourth-order valence-electron chi connectivity index (χ4n) is 15.2. The van der Waals surface area contributed by atoms with Crippen LogP contribution in [-0.2, 0) is 87.2 Å². The molecule has 0 bridgehead atoms. The van der Waals surface area contributed by atoms with Crippen molar-refractivity contribution in [1.29, 1.82) is 0 Å². The van der Waals surface area contributed by atoms with Crippen LogP contribution in [0.2, 0.25) is 0 Å². The first kappa shape index (κ1) is 86.7. The number of nitrogens with zero attached hydrogens (tertiary/aromatic N) is 7. The summed E-state index contributed by atoms with van der Waals surface area (Å²) in [6.07, 6.45) is -7.14. The number of aromatic nitrogens is 3. The number of anilines is 2. The van der Waals surface area contributed by atoms with Crippen molar-refractivity contribution in [1.82, 2.24) is 35.4 Å². The molecule has 7 aliphatic rings. The van der Waals surface area contributed by atoms with Gasteiger partial charge in [0.1, 0.15) is 43.3 Å². The number of rotatable bonds is 33. The van der Waals surface area contributed by atoms with Gasteiger partial charge in [0, 0.05) is 70.1 Å². The molecular weight excluding hydrogens is 1700 g/mol. The quantitative estimate of drug-likeness (QED) is 0.0123. The maximum Gasteiger partial charge on any atom is 0.501 e. The molecule has 7 heterocycles. The third-order valence-electron chi connectivity index (χ3n) is 21.1. The summed E-state index contributed by atoms with van der Waals surface area (Å²) in [6, 6.07) is 20.0. The molecule has 5 unspecified atom stereocenters. The lowest BCUT2D eigenvalue weighted by Gasteiger charge is -2.31. The molecule has 120 heavy (non-hydrogen) atoms. The van der Waals surface area contributed by atoms with Crippen molar-refractivity contribution in [3.63, 3.8) is 0 Å². The summed E-state index contributed by atoms with van der Waals surface area (Å²) in [5.74, 6) is -4.85. The van der Waals surface area contributed by atoms with Crippen molar-refractivity contribution < 1.29 is 128 Å². The fourth-order valence-corrected chi connectivity index (χ4v) is 16.1. The number of aliphatic carboxylic acids is 2. The summed E-state index contributed by atoms with van der Waals surface area (Å²) in [4.78, 5) is 98.2. The number of likely N-dealkylation sites (N-methyl/N-ethyl adjacent to an activating group) is 1. The molecule has 13 atom stereocenters. The number of fused-ring (bicyclic) bond motifs is 4. The van der Waals surface area contributed by atoms with E-state index in [0.717, 1.165) is 16.5 Å². The average Bonchev–Trinajstić information content (AvgIpc) is 1.60. The molecule has 0 spiro atoms. The molecule has 5 amide bonds. The van der Waals surface area contributed by atoms with Crippen LogP contribution >= 0.6 is 22.6 Å². The molecule has 8 N–H and O–H groups in total. The molecule has 36 nitrogen and oxygen atoms in total. The SMILES string of the molecule is C=C1CC2C(O)N(C)c3cc(OCc4cc(COc5cc6c(cc5OC)C(=O)N5CC(=C)C[C@H]5[C@H](O)N6C(=O)OCc5ccc(O[C@H]6C[C@@H](O)C[C@@H](C(=O)O)O6)cc5)cc(CC(C)C5=CC(OS(=O)(=O)Oc6cc(C(=O)NCC(C)OC(C)Cn7cc(CNC(=O)CI)nn7)ccc6O[C@H]6C[C@@H](O)C[C@@H](C(=O)O)O6)=C5)c4)c(OC)cc3C(=O)N2C1. The minimum atomic E-state index is -5.09. The number of hydrogen-bond acceptors (Lipinski definition) is 28. The molecule has 38 heteroatoms. The van der Waals surface area contributed by atoms with Crippen LogP contribution in [0.1, 0.15) is 118 Å². The van der Waals surface area contributed by atoms with E-state index in [0.29, 0.717) is 57.6 Å². The highest BCUT2D eigenvalue weighted by Gasteiger charge is 2.48. The first-order valence-electron chi connectivity index (χ1n) is 38.5. The van der Waals surface area contributed by atoms with E-state index in [4.69, 9.17) is 55.7 Å². The number of carbonyl (C=O) groups is 7. The zero-order valence-corrected chi connectivity index (χ0v) is 69.2. The van der Waals surface area contributed by atoms with Gasteiger partial charge in [0.25, 0.3) is 17.7 Å². The third kappa shape index (κ3) is 20.5. The third-order valence-corrected chi connectivity index (χ3v) is 22.5. The zero-order chi connectivity index (χ0) is 85.7. The summed E-state index contributed by atoms with van der Waals surface area (Å²) in [6.45, 7) is 13.7. The van der Waals surface area contributed by atoms with Crippen LogP contribution in [0.4, 0.5) is 16.2 Å². The second-order valence-electron chi connectivity index (χ2n) is 30.3. The molecule has 5 aromatic carbocycles. The van der Waals surface area contributed by atoms with Gasteiger partial charge in [-0.15, -0.1) is 13.5 Å². The van der Waals surface area contributed by atoms with Gasteiger partial charge in [0.15, 0.2) is 52.9 Å². The number of hydrogen-bond donors (Lipinski definition) is 8. The standard InChI is InChI=1S/C82H92IN9O27S/c1-42-15-62-78(99)88(6)60-30-67(65(108-7)28-58(60)76(97)90(62)35-42)110-40-49-18-48(19-50(20-49)41-111-68-31-61-59(29-66(68)109-8)77(98)91-36-43(2)16-63(91)79(100)92(61)82(105)112-39-47-9-12-56(13-10-47)114-73-26-54(93)24-70(116-73)80(101)102)17-44(3)52-21-57(22-52)118-120(106,107)119-69-23-51(11-14-64(69)115-74-27-55(94)25-71(117-74)81(103)104)75(96)85-33-45(4)113-46(5)37-89-38-53(86-87-89)34-84-72(95)32-83/h9-14,18-23,28-31,38,44-46,54-55,62-63,70-71,73-74,78-79,93-94,99-100H,1-2,15-17,24-27,32-37,39-41H2,3-8H3,(H,84,95)(H,85,96)(H,101,102)(H,103,104)/t44?,45?,46?,54-,55-,62?,63-,70-,71-,73+,74+,78?,79-/m0/s1. The van der Waals surface area contributed by atoms with Crippen LogP contribution in [0.3, 0.4) is 0 Å². The van der Waals surface area contributed by atoms with Gasteiger partial charge in [0.05, 0.1) is 96.9 Å². The topological polar surface area (TPSA) is 454 Å². The number of alkyl halides is 1. The Labute approximate surface area is 703 Å². The van der Waals surface area contributed by atoms with Gasteiger partial charge in [-0.1, -0.05) is 83.3 Å². The van der Waals surface area contributed by atoms with Gasteiger partial charge >= 0.3 is 28.4 Å². The average molecular weight is 1790 g/mol. The monoisotopic (exact) mass is 1790 g/mol. The van der Waals surface area contributed by atoms with Crippen LogP contribution in [0.15, 0.2) is 139 Å². The van der Waals surface area contributed by atoms with E-state index in [1.165, 1.54) is 55.5 Å². The van der Waals surface area contributed by atoms with Crippen molar-refractivity contribution in [3.05, 3.63) is 184 Å². The molecule has 4 fully saturated rings. The molecule has 13 rings (SSSR count). The molecule has 6 aliphatic heterocycles. The lowest BCUT2D eigenvalue weighted by atomic mass is 9.87. The van der Waals surface area contributed by atoms with E-state index in [1.807, 2.05) is 47.7 Å². The summed E-state index contributed by atoms with van der Waals surface area (Å²) in [5.41, 5.74) is 5.41. The predicted octanol–water partition coefficient (Wildman–Crippen LogP) is 6.51. The van der Waals surface area contributed by atoms with Crippen LogP contribution < -0.4 is 53.0 Å². The number of aliphatic hydroxyl groups excluding tert-OH is 4. The number of allylic oxidation sites excluding steroid dienone is 3. The van der Waals surface area contributed by atoms with Crippen molar-refractivity contribution in [2.24, 2.45) is 5.92 Å². The van der Waals surface area contributed by atoms with Gasteiger partial charge < -0.3 is 112 Å². The Balaban J connectivity index is 0.731. The smallest absolute Gasteiger partial charge is 0.493 e. The summed E-state index contributed by atoms with van der Waals surface area (Å²) in [5, 5.41) is 77.7. The molecule has 640 valence electrons. The van der Waals surface area contributed by atoms with Crippen LogP contribution in [0.5, 0.6) is 40.2 Å². The number of carbonyl (C=O) groups excluding carboxylic acids is 5. The number of nitrogens with one attached hydrogen (secondary N) is 2. The number of ether oxygens (including phenoxy) is 10. The number of aliphatic hydroxyl groups is 4. The second-order valence-corrected chi connectivity index (χ2v) is 32.2. The van der Waals surface area contributed by atoms with Crippen LogP contribution in [0.25, 0.3) is 0 Å². The number of amides is 5. The van der Waals surface area contributed by atoms with E-state index in [1.54, 1.807) is 78.0 Å². The van der Waals surface area contributed by atoms with Crippen LogP contribution in [-0.4, -0.2) is 225 Å². The van der Waals surface area contributed by atoms with Crippen molar-refractivity contribution >= 4 is 86.0 Å². The van der Waals surface area contributed by atoms with Crippen molar-refractivity contribution in [3.8, 4) is 40.2 Å². The Kier molecular flexibility index (Phi) is 26.9. The number of methoxy groups -OCH3 is 2. The van der Waals surface area contributed by atoms with Gasteiger partial charge in [-0.3, -0.25) is 19.2 Å². The lowest BCUT2D eigenvalue weighted by molar-refractivity contribution is -0.195. The van der Waals surface area contributed by atoms with Crippen molar-refractivity contribution in [2.45, 2.75) is 172 Å². The minimum absolute atomic E-state index is 0.0132. The number of benzene rings is 5. The fraction of sp³-hybridized carbons (Fsp3) is 0.427. The Hall–Kier alpha value is -11.1. The molecule has 1 aliphatic carbocycles. The Morgan fingerprint density at radius 3 is 1.82 bits per heavy atom. The van der Waals surface area contributed by atoms with Gasteiger partial charge in [-0.2, -0.15) is 0 Å². The van der Waals surface area contributed by atoms with E-state index >= 15 is 0 Å². The minimum Gasteiger partial charge on any atom is -0.493 e. The molecular formula is C82H92IN9O27S. The van der Waals surface area contributed by atoms with Gasteiger partial charge in [0.2, 0.25) is 18.5 Å². The summed E-state index contributed by atoms with van der Waals surface area (Å²) in [7, 11) is -0.610. The van der Waals surface area contributed by atoms with E-state index < -0.39 is 120 Å². The van der Waals surface area contributed by atoms with E-state index in [9.17, 15) is 72.6 Å². The predicted molar refractivity (Wildman–Crippen MR) is 431 cm³/mol. The number of carboxylic acids is 2. The second kappa shape index (κ2) is 37.3. The molecule has 1 aromatic heterocycles. The maximum absolute atomic E-state index is 14.6. The van der Waals surface area contributed by atoms with E-state index in [2.05, 4.69) is 34.1 Å². The molecule has 4 saturated heterocycles. The normalized spacial score (nSPS) is 22.7. The Bertz CT molecular complexity index is 5120. The molecule has 6 aromatic rings. The summed E-state index contributed by atoms with van der Waals surface area (Å²) >= 11 is 1.95.